The molecule has 0 saturated carbocycles. The van der Waals surface area contributed by atoms with E-state index in [1.807, 2.05) is 13.8 Å². The maximum atomic E-state index is 5.64. The highest BCUT2D eigenvalue weighted by Gasteiger charge is 2.30. The Kier molecular flexibility index (Phi) is 4.44. The zero-order valence-electron chi connectivity index (χ0n) is 10.5. The number of ether oxygens (including phenoxy) is 1. The zero-order valence-corrected chi connectivity index (χ0v) is 10.5. The van der Waals surface area contributed by atoms with Crippen LogP contribution in [0.2, 0.25) is 0 Å². The average Bonchev–Trinajstić information content (AvgIpc) is 2.80. The molecule has 1 aromatic heterocycles. The van der Waals surface area contributed by atoms with Crippen LogP contribution in [0.4, 0.5) is 0 Å². The lowest BCUT2D eigenvalue weighted by Gasteiger charge is -2.21. The number of aromatic nitrogens is 2. The van der Waals surface area contributed by atoms with Crippen molar-refractivity contribution in [3.05, 3.63) is 11.7 Å². The molecule has 0 bridgehead atoms. The standard InChI is InChI=1S/C11H21N3O2/c1-5-8(7-12)9-13-10(14-16-9)11(3,6-2)15-4/h8H,5-7,12H2,1-4H3. The van der Waals surface area contributed by atoms with Crippen LogP contribution in [0.3, 0.4) is 0 Å². The maximum Gasteiger partial charge on any atom is 0.231 e. The Hall–Kier alpha value is -0.940. The number of methoxy groups -OCH3 is 1. The van der Waals surface area contributed by atoms with Crippen LogP contribution in [-0.4, -0.2) is 23.8 Å². The Morgan fingerprint density at radius 3 is 2.62 bits per heavy atom. The molecule has 1 heterocycles. The normalized spacial score (nSPS) is 17.1. The van der Waals surface area contributed by atoms with Crippen LogP contribution in [0.25, 0.3) is 0 Å². The first-order valence-electron chi connectivity index (χ1n) is 5.70. The summed E-state index contributed by atoms with van der Waals surface area (Å²) >= 11 is 0. The van der Waals surface area contributed by atoms with Crippen molar-refractivity contribution < 1.29 is 9.26 Å². The summed E-state index contributed by atoms with van der Waals surface area (Å²) < 4.78 is 10.7. The van der Waals surface area contributed by atoms with Crippen LogP contribution in [0, 0.1) is 0 Å². The summed E-state index contributed by atoms with van der Waals surface area (Å²) in [7, 11) is 1.65. The lowest BCUT2D eigenvalue weighted by molar-refractivity contribution is -0.0106. The maximum absolute atomic E-state index is 5.64. The molecule has 1 aromatic rings. The molecule has 0 radical (unpaired) electrons. The van der Waals surface area contributed by atoms with E-state index in [1.54, 1.807) is 7.11 Å². The minimum atomic E-state index is -0.478. The predicted octanol–water partition coefficient (Wildman–Crippen LogP) is 1.79. The summed E-state index contributed by atoms with van der Waals surface area (Å²) in [5.74, 6) is 1.34. The first-order chi connectivity index (χ1) is 7.61. The van der Waals surface area contributed by atoms with Crippen molar-refractivity contribution in [2.75, 3.05) is 13.7 Å². The molecule has 5 nitrogen and oxygen atoms in total. The van der Waals surface area contributed by atoms with E-state index in [0.717, 1.165) is 12.8 Å². The van der Waals surface area contributed by atoms with Gasteiger partial charge in [-0.1, -0.05) is 19.0 Å². The van der Waals surface area contributed by atoms with E-state index in [2.05, 4.69) is 17.1 Å². The van der Waals surface area contributed by atoms with Crippen LogP contribution in [0.1, 0.15) is 51.2 Å². The monoisotopic (exact) mass is 227 g/mol. The fraction of sp³-hybridized carbons (Fsp3) is 0.818. The van der Waals surface area contributed by atoms with E-state index in [4.69, 9.17) is 15.0 Å². The second-order valence-corrected chi connectivity index (χ2v) is 4.09. The van der Waals surface area contributed by atoms with Crippen LogP contribution < -0.4 is 5.73 Å². The third kappa shape index (κ3) is 2.41. The number of nitrogens with zero attached hydrogens (tertiary/aromatic N) is 2. The van der Waals surface area contributed by atoms with Crippen LogP contribution >= 0.6 is 0 Å². The van der Waals surface area contributed by atoms with E-state index in [1.165, 1.54) is 0 Å². The Bertz CT molecular complexity index is 317. The summed E-state index contributed by atoms with van der Waals surface area (Å²) in [6.07, 6.45) is 1.69. The molecule has 0 saturated heterocycles. The van der Waals surface area contributed by atoms with Gasteiger partial charge in [0.25, 0.3) is 0 Å². The van der Waals surface area contributed by atoms with Crippen LogP contribution in [-0.2, 0) is 10.3 Å². The summed E-state index contributed by atoms with van der Waals surface area (Å²) in [5, 5.41) is 3.98. The van der Waals surface area contributed by atoms with Gasteiger partial charge in [-0.25, -0.2) is 0 Å². The summed E-state index contributed by atoms with van der Waals surface area (Å²) in [4.78, 5) is 4.38. The lowest BCUT2D eigenvalue weighted by atomic mass is 10.0. The topological polar surface area (TPSA) is 74.2 Å². The summed E-state index contributed by atoms with van der Waals surface area (Å²) in [5.41, 5.74) is 5.16. The van der Waals surface area contributed by atoms with Crippen LogP contribution in [0.15, 0.2) is 4.52 Å². The largest absolute Gasteiger partial charge is 0.370 e. The molecule has 0 spiro atoms. The van der Waals surface area contributed by atoms with Crippen molar-refractivity contribution in [3.8, 4) is 0 Å². The Morgan fingerprint density at radius 1 is 1.50 bits per heavy atom. The molecule has 0 aliphatic heterocycles. The van der Waals surface area contributed by atoms with E-state index in [0.29, 0.717) is 18.3 Å². The average molecular weight is 227 g/mol. The van der Waals surface area contributed by atoms with Gasteiger partial charge in [0.1, 0.15) is 5.60 Å². The Morgan fingerprint density at radius 2 is 2.19 bits per heavy atom. The predicted molar refractivity (Wildman–Crippen MR) is 61.0 cm³/mol. The number of rotatable bonds is 6. The third-order valence-corrected chi connectivity index (χ3v) is 3.17. The molecule has 0 aromatic carbocycles. The van der Waals surface area contributed by atoms with Gasteiger partial charge in [-0.15, -0.1) is 0 Å². The van der Waals surface area contributed by atoms with Crippen molar-refractivity contribution in [2.45, 2.75) is 45.1 Å². The molecule has 0 aliphatic carbocycles. The summed E-state index contributed by atoms with van der Waals surface area (Å²) in [6.45, 7) is 6.55. The molecule has 2 unspecified atom stereocenters. The van der Waals surface area contributed by atoms with Gasteiger partial charge in [0.15, 0.2) is 0 Å². The molecule has 5 heteroatoms. The fourth-order valence-electron chi connectivity index (χ4n) is 1.45. The molecule has 16 heavy (non-hydrogen) atoms. The molecule has 0 fully saturated rings. The van der Waals surface area contributed by atoms with Crippen LogP contribution in [0.5, 0.6) is 0 Å². The molecule has 92 valence electrons. The van der Waals surface area contributed by atoms with Crippen molar-refractivity contribution in [2.24, 2.45) is 5.73 Å². The smallest absolute Gasteiger partial charge is 0.231 e. The van der Waals surface area contributed by atoms with Gasteiger partial charge in [0.2, 0.25) is 11.7 Å². The van der Waals surface area contributed by atoms with Gasteiger partial charge >= 0.3 is 0 Å². The Labute approximate surface area is 96.4 Å². The zero-order chi connectivity index (χ0) is 12.2. The second-order valence-electron chi connectivity index (χ2n) is 4.09. The molecule has 0 aliphatic rings. The van der Waals surface area contributed by atoms with E-state index < -0.39 is 5.60 Å². The summed E-state index contributed by atoms with van der Waals surface area (Å²) in [6, 6.07) is 0. The fourth-order valence-corrected chi connectivity index (χ4v) is 1.45. The highest BCUT2D eigenvalue weighted by molar-refractivity contribution is 5.02. The van der Waals surface area contributed by atoms with Gasteiger partial charge in [0.05, 0.1) is 5.92 Å². The molecule has 2 atom stereocenters. The van der Waals surface area contributed by atoms with Gasteiger partial charge in [0, 0.05) is 13.7 Å². The number of hydrogen-bond donors (Lipinski definition) is 1. The van der Waals surface area contributed by atoms with E-state index in [9.17, 15) is 0 Å². The van der Waals surface area contributed by atoms with E-state index >= 15 is 0 Å². The van der Waals surface area contributed by atoms with Gasteiger partial charge in [-0.3, -0.25) is 0 Å². The van der Waals surface area contributed by atoms with Gasteiger partial charge in [-0.05, 0) is 19.8 Å². The van der Waals surface area contributed by atoms with Gasteiger partial charge in [-0.2, -0.15) is 4.98 Å². The highest BCUT2D eigenvalue weighted by atomic mass is 16.5. The Balaban J connectivity index is 2.93. The molecular weight excluding hydrogens is 206 g/mol. The van der Waals surface area contributed by atoms with Crippen molar-refractivity contribution in [1.29, 1.82) is 0 Å². The minimum Gasteiger partial charge on any atom is -0.370 e. The second kappa shape index (κ2) is 5.41. The highest BCUT2D eigenvalue weighted by Crippen LogP contribution is 2.27. The van der Waals surface area contributed by atoms with E-state index in [-0.39, 0.29) is 5.92 Å². The van der Waals surface area contributed by atoms with Crippen molar-refractivity contribution >= 4 is 0 Å². The first kappa shape index (κ1) is 13.1. The minimum absolute atomic E-state index is 0.138. The number of hydrogen-bond acceptors (Lipinski definition) is 5. The molecule has 2 N–H and O–H groups in total. The first-order valence-corrected chi connectivity index (χ1v) is 5.70. The number of nitrogens with two attached hydrogens (primary N) is 1. The van der Waals surface area contributed by atoms with Gasteiger partial charge < -0.3 is 15.0 Å². The molecule has 1 rings (SSSR count). The third-order valence-electron chi connectivity index (χ3n) is 3.17. The molecular formula is C11H21N3O2. The van der Waals surface area contributed by atoms with Crippen molar-refractivity contribution in [1.82, 2.24) is 10.1 Å². The molecule has 0 amide bonds. The lowest BCUT2D eigenvalue weighted by Crippen LogP contribution is -2.25. The SMILES string of the molecule is CCC(CN)c1nc(C(C)(CC)OC)no1. The van der Waals surface area contributed by atoms with Crippen molar-refractivity contribution in [3.63, 3.8) is 0 Å². The quantitative estimate of drug-likeness (QED) is 0.802.